The lowest BCUT2D eigenvalue weighted by atomic mass is 10.1. The van der Waals surface area contributed by atoms with E-state index in [1.54, 1.807) is 7.11 Å². The van der Waals surface area contributed by atoms with Crippen molar-refractivity contribution in [2.45, 2.75) is 57.7 Å². The van der Waals surface area contributed by atoms with Crippen molar-refractivity contribution in [2.24, 2.45) is 0 Å². The van der Waals surface area contributed by atoms with Crippen LogP contribution < -0.4 is 0 Å². The molecule has 21 heavy (non-hydrogen) atoms. The Hall–Kier alpha value is -0.813. The van der Waals surface area contributed by atoms with Crippen LogP contribution in [-0.4, -0.2) is 15.4 Å². The molecule has 5 heteroatoms. The van der Waals surface area contributed by atoms with Crippen molar-refractivity contribution in [1.29, 1.82) is 0 Å². The molecule has 0 aromatic heterocycles. The van der Waals surface area contributed by atoms with Crippen molar-refractivity contribution >= 4 is 8.32 Å². The van der Waals surface area contributed by atoms with Crippen LogP contribution >= 0.6 is 0 Å². The third-order valence-electron chi connectivity index (χ3n) is 4.39. The molecule has 1 aromatic rings. The van der Waals surface area contributed by atoms with Gasteiger partial charge in [-0.3, -0.25) is 0 Å². The predicted octanol–water partition coefficient (Wildman–Crippen LogP) is 5.45. The Kier molecular flexibility index (Phi) is 7.46. The average Bonchev–Trinajstić information content (AvgIpc) is 2.48. The van der Waals surface area contributed by atoms with Gasteiger partial charge in [0.05, 0.1) is 0 Å². The van der Waals surface area contributed by atoms with E-state index in [1.807, 2.05) is 0 Å². The van der Waals surface area contributed by atoms with Gasteiger partial charge >= 0.3 is 0 Å². The first-order valence-corrected chi connectivity index (χ1v) is 10.2. The standard InChI is InChI=1S/C16H25F3OSi/c1-4-21(5-2,20-3)10-8-6-7-9-13-11-15(18)16(19)12-14(13)17/h11-12H,4-10H2,1-3H3. The minimum atomic E-state index is -1.56. The van der Waals surface area contributed by atoms with Gasteiger partial charge in [0, 0.05) is 13.2 Å². The Bertz CT molecular complexity index is 439. The summed E-state index contributed by atoms with van der Waals surface area (Å²) in [6.07, 6.45) is 3.23. The van der Waals surface area contributed by atoms with Gasteiger partial charge in [-0.05, 0) is 42.6 Å². The fourth-order valence-electron chi connectivity index (χ4n) is 2.69. The van der Waals surface area contributed by atoms with E-state index in [2.05, 4.69) is 13.8 Å². The lowest BCUT2D eigenvalue weighted by Crippen LogP contribution is -2.34. The summed E-state index contributed by atoms with van der Waals surface area (Å²) in [6, 6.07) is 4.92. The molecule has 1 nitrogen and oxygen atoms in total. The van der Waals surface area contributed by atoms with Crippen LogP contribution in [0.4, 0.5) is 13.2 Å². The Morgan fingerprint density at radius 2 is 1.52 bits per heavy atom. The van der Waals surface area contributed by atoms with Gasteiger partial charge in [-0.15, -0.1) is 0 Å². The van der Waals surface area contributed by atoms with Crippen molar-refractivity contribution in [1.82, 2.24) is 0 Å². The van der Waals surface area contributed by atoms with E-state index in [9.17, 15) is 13.2 Å². The van der Waals surface area contributed by atoms with Gasteiger partial charge in [0.15, 0.2) is 20.0 Å². The molecule has 0 heterocycles. The topological polar surface area (TPSA) is 9.23 Å². The summed E-state index contributed by atoms with van der Waals surface area (Å²) >= 11 is 0. The van der Waals surface area contributed by atoms with Gasteiger partial charge in [-0.1, -0.05) is 26.7 Å². The van der Waals surface area contributed by atoms with Gasteiger partial charge in [0.1, 0.15) is 5.82 Å². The van der Waals surface area contributed by atoms with E-state index in [-0.39, 0.29) is 5.56 Å². The fourth-order valence-corrected chi connectivity index (χ4v) is 5.57. The number of hydrogen-bond donors (Lipinski definition) is 0. The molecule has 0 unspecified atom stereocenters. The molecule has 0 bridgehead atoms. The second-order valence-corrected chi connectivity index (χ2v) is 10.2. The van der Waals surface area contributed by atoms with Crippen molar-refractivity contribution < 1.29 is 17.6 Å². The Balaban J connectivity index is 2.40. The molecule has 0 saturated heterocycles. The average molecular weight is 318 g/mol. The summed E-state index contributed by atoms with van der Waals surface area (Å²) in [5, 5.41) is 0. The molecule has 120 valence electrons. The van der Waals surface area contributed by atoms with E-state index in [0.29, 0.717) is 12.5 Å². The molecule has 0 aliphatic heterocycles. The normalized spacial score (nSPS) is 11.9. The Morgan fingerprint density at radius 3 is 2.10 bits per heavy atom. The molecule has 0 atom stereocenters. The second-order valence-electron chi connectivity index (χ2n) is 5.51. The zero-order valence-electron chi connectivity index (χ0n) is 13.1. The summed E-state index contributed by atoms with van der Waals surface area (Å²) in [5.74, 6) is -2.76. The van der Waals surface area contributed by atoms with Crippen LogP contribution in [0.25, 0.3) is 0 Å². The lowest BCUT2D eigenvalue weighted by molar-refractivity contribution is 0.389. The van der Waals surface area contributed by atoms with Crippen LogP contribution in [0, 0.1) is 17.5 Å². The van der Waals surface area contributed by atoms with Crippen LogP contribution in [0.2, 0.25) is 18.1 Å². The van der Waals surface area contributed by atoms with E-state index in [0.717, 1.165) is 43.5 Å². The number of hydrogen-bond acceptors (Lipinski definition) is 1. The maximum Gasteiger partial charge on any atom is 0.191 e. The van der Waals surface area contributed by atoms with Crippen molar-refractivity contribution in [3.05, 3.63) is 35.1 Å². The first kappa shape index (κ1) is 18.2. The molecule has 0 aliphatic rings. The molecule has 0 N–H and O–H groups in total. The first-order valence-electron chi connectivity index (χ1n) is 7.66. The third kappa shape index (κ3) is 5.15. The monoisotopic (exact) mass is 318 g/mol. The molecule has 0 radical (unpaired) electrons. The zero-order valence-corrected chi connectivity index (χ0v) is 14.1. The minimum Gasteiger partial charge on any atom is -0.420 e. The van der Waals surface area contributed by atoms with Crippen molar-refractivity contribution in [3.8, 4) is 0 Å². The molecule has 0 spiro atoms. The molecule has 0 fully saturated rings. The van der Waals surface area contributed by atoms with Gasteiger partial charge in [0.2, 0.25) is 0 Å². The lowest BCUT2D eigenvalue weighted by Gasteiger charge is -2.27. The highest BCUT2D eigenvalue weighted by atomic mass is 28.4. The van der Waals surface area contributed by atoms with Gasteiger partial charge in [-0.25, -0.2) is 13.2 Å². The number of halogens is 3. The highest BCUT2D eigenvalue weighted by Gasteiger charge is 2.28. The summed E-state index contributed by atoms with van der Waals surface area (Å²) in [7, 11) is 0.244. The van der Waals surface area contributed by atoms with Gasteiger partial charge in [-0.2, -0.15) is 0 Å². The van der Waals surface area contributed by atoms with Crippen LogP contribution in [0.5, 0.6) is 0 Å². The van der Waals surface area contributed by atoms with Crippen molar-refractivity contribution in [3.63, 3.8) is 0 Å². The Morgan fingerprint density at radius 1 is 0.905 bits per heavy atom. The summed E-state index contributed by atoms with van der Waals surface area (Å²) in [4.78, 5) is 0. The highest BCUT2D eigenvalue weighted by molar-refractivity contribution is 6.73. The van der Waals surface area contributed by atoms with Gasteiger partial charge in [0.25, 0.3) is 0 Å². The summed E-state index contributed by atoms with van der Waals surface area (Å²) in [5.41, 5.74) is 0.259. The number of rotatable bonds is 9. The van der Waals surface area contributed by atoms with E-state index < -0.39 is 25.8 Å². The van der Waals surface area contributed by atoms with Crippen LogP contribution in [0.3, 0.4) is 0 Å². The third-order valence-corrected chi connectivity index (χ3v) is 9.10. The van der Waals surface area contributed by atoms with Gasteiger partial charge < -0.3 is 4.43 Å². The summed E-state index contributed by atoms with van der Waals surface area (Å²) < 4.78 is 45.1. The fraction of sp³-hybridized carbons (Fsp3) is 0.625. The molecular weight excluding hydrogens is 293 g/mol. The van der Waals surface area contributed by atoms with E-state index >= 15 is 0 Å². The number of benzene rings is 1. The maximum atomic E-state index is 13.5. The molecule has 0 amide bonds. The quantitative estimate of drug-likeness (QED) is 0.334. The molecule has 1 rings (SSSR count). The zero-order chi connectivity index (χ0) is 15.9. The van der Waals surface area contributed by atoms with E-state index in [1.165, 1.54) is 0 Å². The molecule has 0 saturated carbocycles. The highest BCUT2D eigenvalue weighted by Crippen LogP contribution is 2.24. The number of unbranched alkanes of at least 4 members (excludes halogenated alkanes) is 2. The first-order chi connectivity index (χ1) is 9.98. The molecular formula is C16H25F3OSi. The SMILES string of the molecule is CC[Si](CC)(CCCCCc1cc(F)c(F)cc1F)OC. The smallest absolute Gasteiger partial charge is 0.191 e. The van der Waals surface area contributed by atoms with Crippen LogP contribution in [0.1, 0.15) is 38.7 Å². The molecule has 1 aromatic carbocycles. The van der Waals surface area contributed by atoms with Crippen LogP contribution in [0.15, 0.2) is 12.1 Å². The van der Waals surface area contributed by atoms with E-state index in [4.69, 9.17) is 4.43 Å². The molecule has 0 aliphatic carbocycles. The van der Waals surface area contributed by atoms with Crippen LogP contribution in [-0.2, 0) is 10.8 Å². The second kappa shape index (κ2) is 8.59. The van der Waals surface area contributed by atoms with Crippen molar-refractivity contribution in [2.75, 3.05) is 7.11 Å². The predicted molar refractivity (Wildman–Crippen MR) is 82.4 cm³/mol. The number of aryl methyl sites for hydroxylation is 1. The summed E-state index contributed by atoms with van der Waals surface area (Å²) in [6.45, 7) is 4.35. The maximum absolute atomic E-state index is 13.5. The largest absolute Gasteiger partial charge is 0.420 e. The Labute approximate surface area is 126 Å². The minimum absolute atomic E-state index is 0.259.